The summed E-state index contributed by atoms with van der Waals surface area (Å²) < 4.78 is 38.6. The number of anilines is 6. The smallest absolute Gasteiger partial charge is 0.227 e. The largest absolute Gasteiger partial charge is 0.456 e. The summed E-state index contributed by atoms with van der Waals surface area (Å²) in [6, 6.07) is 124. The van der Waals surface area contributed by atoms with Gasteiger partial charge in [-0.2, -0.15) is 0 Å². The topological polar surface area (TPSA) is 108 Å². The standard InChI is InChI=1S/C98H58N6O5/c1-5-20-59(21-6-1)60-42-45-67(46-43-60)103(83-34-19-33-82-94(83)76-29-13-15-32-81(76)102(82)65-24-9-3-10-25-65)85-36-18-30-74-77-55-79-93(58-91(77)107-96(74)85)109-98(99-79)63-40-38-61(39-41-63)64-44-49-70-71-50-47-68(53-87(71)104(86(70)52-64)66-26-11-4-12-27-66)101(69-48-51-73-72-28-14-16-37-88(72)105-89(73)54-69)84-35-17-31-75-78-56-92-80(57-90(78)106-95(75)84)100-97(108-92)62-22-7-2-8-23-62/h1-58H. The Balaban J connectivity index is 0.610. The second-order valence-corrected chi connectivity index (χ2v) is 28.0. The zero-order chi connectivity index (χ0) is 71.4. The van der Waals surface area contributed by atoms with E-state index in [0.29, 0.717) is 34.1 Å². The Morgan fingerprint density at radius 2 is 0.670 bits per heavy atom. The van der Waals surface area contributed by atoms with Gasteiger partial charge in [0, 0.05) is 106 Å². The summed E-state index contributed by atoms with van der Waals surface area (Å²) in [5.41, 5.74) is 25.6. The number of furan rings is 3. The SMILES string of the molecule is c1ccc(-c2ccc(N(c3cccc4c3oc3cc5oc(-c6ccc(-c7ccc8c9ccc(N(c%10ccc%11c(c%10)oc%10ccccc%10%11)c%10cccc%11c%10oc%10cc%12nc(-c%13ccccc%13)oc%12cc%10%11)cc9n(-c9ccccc9)c8c7)cc6)nc5cc34)c3cccc4c3c3ccccc3n4-c3ccccc3)cc2)cc1. The van der Waals surface area contributed by atoms with Gasteiger partial charge < -0.3 is 41.0 Å². The molecule has 23 aromatic rings. The molecule has 0 spiro atoms. The van der Waals surface area contributed by atoms with Crippen LogP contribution in [0.25, 0.3) is 188 Å². The molecule has 23 rings (SSSR count). The van der Waals surface area contributed by atoms with E-state index in [9.17, 15) is 0 Å². The third kappa shape index (κ3) is 9.56. The van der Waals surface area contributed by atoms with Crippen molar-refractivity contribution in [2.75, 3.05) is 9.80 Å². The zero-order valence-electron chi connectivity index (χ0n) is 58.2. The van der Waals surface area contributed by atoms with Gasteiger partial charge in [-0.15, -0.1) is 0 Å². The number of hydrogen-bond acceptors (Lipinski definition) is 9. The van der Waals surface area contributed by atoms with E-state index in [-0.39, 0.29) is 0 Å². The first-order valence-electron chi connectivity index (χ1n) is 36.6. The van der Waals surface area contributed by atoms with Crippen LogP contribution in [-0.2, 0) is 0 Å². The fourth-order valence-corrected chi connectivity index (χ4v) is 16.7. The van der Waals surface area contributed by atoms with E-state index >= 15 is 0 Å². The van der Waals surface area contributed by atoms with Crippen molar-refractivity contribution >= 4 is 166 Å². The lowest BCUT2D eigenvalue weighted by Gasteiger charge is -2.27. The Morgan fingerprint density at radius 3 is 1.39 bits per heavy atom. The maximum atomic E-state index is 7.12. The molecule has 109 heavy (non-hydrogen) atoms. The number of rotatable bonds is 12. The molecule has 510 valence electrons. The third-order valence-electron chi connectivity index (χ3n) is 21.7. The third-order valence-corrected chi connectivity index (χ3v) is 21.7. The molecule has 0 aliphatic heterocycles. The summed E-state index contributed by atoms with van der Waals surface area (Å²) in [5.74, 6) is 1.09. The molecule has 0 atom stereocenters. The zero-order valence-corrected chi connectivity index (χ0v) is 58.2. The molecule has 7 heterocycles. The molecule has 0 unspecified atom stereocenters. The van der Waals surface area contributed by atoms with Crippen LogP contribution in [0.4, 0.5) is 34.1 Å². The number of hydrogen-bond donors (Lipinski definition) is 0. The van der Waals surface area contributed by atoms with Crippen LogP contribution in [0.15, 0.2) is 374 Å². The maximum Gasteiger partial charge on any atom is 0.227 e. The molecule has 0 amide bonds. The van der Waals surface area contributed by atoms with Crippen LogP contribution >= 0.6 is 0 Å². The van der Waals surface area contributed by atoms with Gasteiger partial charge in [0.1, 0.15) is 33.4 Å². The highest BCUT2D eigenvalue weighted by Crippen LogP contribution is 2.51. The van der Waals surface area contributed by atoms with Gasteiger partial charge in [0.2, 0.25) is 11.8 Å². The Kier molecular flexibility index (Phi) is 13.2. The molecule has 0 radical (unpaired) electrons. The van der Waals surface area contributed by atoms with Crippen molar-refractivity contribution in [1.29, 1.82) is 0 Å². The van der Waals surface area contributed by atoms with Crippen LogP contribution in [0.1, 0.15) is 0 Å². The van der Waals surface area contributed by atoms with E-state index in [1.54, 1.807) is 0 Å². The maximum absolute atomic E-state index is 7.12. The summed E-state index contributed by atoms with van der Waals surface area (Å²) in [4.78, 5) is 14.7. The molecule has 0 N–H and O–H groups in total. The molecule has 11 heteroatoms. The summed E-state index contributed by atoms with van der Waals surface area (Å²) in [6.07, 6.45) is 0. The van der Waals surface area contributed by atoms with Gasteiger partial charge in [-0.05, 0) is 162 Å². The van der Waals surface area contributed by atoms with Gasteiger partial charge in [0.05, 0.1) is 44.8 Å². The Morgan fingerprint density at radius 1 is 0.220 bits per heavy atom. The van der Waals surface area contributed by atoms with E-state index in [1.165, 1.54) is 0 Å². The number of benzene rings is 16. The number of nitrogens with zero attached hydrogens (tertiary/aromatic N) is 6. The summed E-state index contributed by atoms with van der Waals surface area (Å²) in [6.45, 7) is 0. The lowest BCUT2D eigenvalue weighted by atomic mass is 10.0. The van der Waals surface area contributed by atoms with E-state index in [0.717, 1.165) is 188 Å². The minimum Gasteiger partial charge on any atom is -0.456 e. The van der Waals surface area contributed by atoms with Crippen LogP contribution in [0.2, 0.25) is 0 Å². The van der Waals surface area contributed by atoms with Gasteiger partial charge in [0.15, 0.2) is 22.3 Å². The lowest BCUT2D eigenvalue weighted by Crippen LogP contribution is -2.10. The van der Waals surface area contributed by atoms with Crippen LogP contribution in [-0.4, -0.2) is 19.1 Å². The van der Waals surface area contributed by atoms with Gasteiger partial charge in [-0.3, -0.25) is 0 Å². The number of aromatic nitrogens is 4. The van der Waals surface area contributed by atoms with E-state index in [1.807, 2.05) is 54.6 Å². The van der Waals surface area contributed by atoms with Gasteiger partial charge >= 0.3 is 0 Å². The van der Waals surface area contributed by atoms with Crippen molar-refractivity contribution in [2.24, 2.45) is 0 Å². The van der Waals surface area contributed by atoms with Crippen molar-refractivity contribution in [3.8, 4) is 56.5 Å². The highest BCUT2D eigenvalue weighted by Gasteiger charge is 2.28. The van der Waals surface area contributed by atoms with E-state index < -0.39 is 0 Å². The Labute approximate surface area is 621 Å². The predicted octanol–water partition coefficient (Wildman–Crippen LogP) is 27.5. The second kappa shape index (κ2) is 23.8. The number of fused-ring (bicyclic) bond motifs is 17. The number of para-hydroxylation sites is 6. The molecular weight excluding hydrogens is 1340 g/mol. The normalized spacial score (nSPS) is 12.0. The fourth-order valence-electron chi connectivity index (χ4n) is 16.7. The number of oxazole rings is 2. The minimum absolute atomic E-state index is 0.524. The van der Waals surface area contributed by atoms with Crippen LogP contribution in [0.5, 0.6) is 0 Å². The first-order valence-corrected chi connectivity index (χ1v) is 36.6. The fraction of sp³-hybridized carbons (Fsp3) is 0. The van der Waals surface area contributed by atoms with Crippen LogP contribution in [0, 0.1) is 0 Å². The second-order valence-electron chi connectivity index (χ2n) is 28.0. The monoisotopic (exact) mass is 1400 g/mol. The predicted molar refractivity (Wildman–Crippen MR) is 443 cm³/mol. The summed E-state index contributed by atoms with van der Waals surface area (Å²) >= 11 is 0. The van der Waals surface area contributed by atoms with E-state index in [2.05, 4.69) is 316 Å². The molecule has 11 nitrogen and oxygen atoms in total. The summed E-state index contributed by atoms with van der Waals surface area (Å²) in [5, 5.41) is 10.5. The van der Waals surface area contributed by atoms with Crippen molar-refractivity contribution < 1.29 is 22.1 Å². The van der Waals surface area contributed by atoms with E-state index in [4.69, 9.17) is 32.1 Å². The molecule has 0 aliphatic rings. The quantitative estimate of drug-likeness (QED) is 0.118. The highest BCUT2D eigenvalue weighted by molar-refractivity contribution is 6.20. The molecular formula is C98H58N6O5. The summed E-state index contributed by atoms with van der Waals surface area (Å²) in [7, 11) is 0. The lowest BCUT2D eigenvalue weighted by molar-refractivity contribution is 0.617. The molecule has 0 saturated heterocycles. The van der Waals surface area contributed by atoms with Gasteiger partial charge in [-0.1, -0.05) is 194 Å². The first-order chi connectivity index (χ1) is 54.0. The van der Waals surface area contributed by atoms with Crippen molar-refractivity contribution in [3.05, 3.63) is 352 Å². The van der Waals surface area contributed by atoms with Crippen LogP contribution in [0.3, 0.4) is 0 Å². The molecule has 7 aromatic heterocycles. The van der Waals surface area contributed by atoms with Crippen LogP contribution < -0.4 is 9.80 Å². The van der Waals surface area contributed by atoms with Crippen molar-refractivity contribution in [1.82, 2.24) is 19.1 Å². The molecule has 0 fully saturated rings. The highest BCUT2D eigenvalue weighted by atomic mass is 16.4. The van der Waals surface area contributed by atoms with Gasteiger partial charge in [-0.25, -0.2) is 9.97 Å². The molecule has 0 aliphatic carbocycles. The molecule has 0 saturated carbocycles. The van der Waals surface area contributed by atoms with Crippen molar-refractivity contribution in [3.63, 3.8) is 0 Å². The minimum atomic E-state index is 0.524. The Hall–Kier alpha value is -14.9. The Bertz CT molecular complexity index is 7600. The average Bonchev–Trinajstić information content (AvgIpc) is 1.59. The molecule has 16 aromatic carbocycles. The average molecular weight is 1400 g/mol. The first kappa shape index (κ1) is 60.5. The van der Waals surface area contributed by atoms with Gasteiger partial charge in [0.25, 0.3) is 0 Å². The molecule has 0 bridgehead atoms. The van der Waals surface area contributed by atoms with Crippen molar-refractivity contribution in [2.45, 2.75) is 0 Å².